The number of rotatable bonds is 3. The second-order valence-electron chi connectivity index (χ2n) is 5.24. The van der Waals surface area contributed by atoms with Gasteiger partial charge < -0.3 is 10.1 Å². The second kappa shape index (κ2) is 4.84. The molecule has 0 radical (unpaired) electrons. The molecule has 18 heavy (non-hydrogen) atoms. The van der Waals surface area contributed by atoms with Crippen molar-refractivity contribution in [1.82, 2.24) is 0 Å². The Kier molecular flexibility index (Phi) is 3.41. The number of carbonyl (C=O) groups excluding carboxylic acids is 1. The highest BCUT2D eigenvalue weighted by molar-refractivity contribution is 5.96. The maximum Gasteiger partial charge on any atom is 0.163 e. The van der Waals surface area contributed by atoms with Gasteiger partial charge in [0.05, 0.1) is 12.8 Å². The van der Waals surface area contributed by atoms with Crippen LogP contribution in [0.3, 0.4) is 0 Å². The molecule has 0 aliphatic heterocycles. The van der Waals surface area contributed by atoms with Crippen molar-refractivity contribution in [2.24, 2.45) is 5.41 Å². The smallest absolute Gasteiger partial charge is 0.163 e. The summed E-state index contributed by atoms with van der Waals surface area (Å²) in [5.41, 5.74) is 1.63. The molecular weight excluding hydrogens is 226 g/mol. The quantitative estimate of drug-likeness (QED) is 0.887. The zero-order chi connectivity index (χ0) is 13.2. The third kappa shape index (κ3) is 2.55. The lowest BCUT2D eigenvalue weighted by atomic mass is 9.79. The van der Waals surface area contributed by atoms with Crippen LogP contribution in [-0.2, 0) is 4.79 Å². The van der Waals surface area contributed by atoms with Crippen molar-refractivity contribution >= 4 is 11.5 Å². The molecule has 0 atom stereocenters. The average molecular weight is 245 g/mol. The maximum absolute atomic E-state index is 11.9. The highest BCUT2D eigenvalue weighted by Gasteiger charge is 2.29. The Balaban J connectivity index is 2.18. The summed E-state index contributed by atoms with van der Waals surface area (Å²) in [4.78, 5) is 11.9. The summed E-state index contributed by atoms with van der Waals surface area (Å²) in [6.07, 6.45) is 3.48. The number of hydrogen-bond donors (Lipinski definition) is 1. The number of benzene rings is 1. The van der Waals surface area contributed by atoms with Crippen LogP contribution in [-0.4, -0.2) is 12.9 Å². The number of ether oxygens (including phenoxy) is 1. The van der Waals surface area contributed by atoms with E-state index in [-0.39, 0.29) is 11.2 Å². The van der Waals surface area contributed by atoms with Gasteiger partial charge in [-0.2, -0.15) is 0 Å². The summed E-state index contributed by atoms with van der Waals surface area (Å²) in [6, 6.07) is 7.72. The minimum Gasteiger partial charge on any atom is -0.495 e. The van der Waals surface area contributed by atoms with Crippen LogP contribution in [0.4, 0.5) is 5.69 Å². The summed E-state index contributed by atoms with van der Waals surface area (Å²) in [5, 5.41) is 3.28. The van der Waals surface area contributed by atoms with E-state index in [1.807, 2.05) is 38.1 Å². The van der Waals surface area contributed by atoms with Crippen molar-refractivity contribution in [1.29, 1.82) is 0 Å². The Bertz CT molecular complexity index is 489. The monoisotopic (exact) mass is 245 g/mol. The SMILES string of the molecule is COc1ccccc1NC1=CC(=O)C(C)(C)CC1. The molecule has 0 fully saturated rings. The van der Waals surface area contributed by atoms with Crippen LogP contribution in [0.15, 0.2) is 36.0 Å². The summed E-state index contributed by atoms with van der Waals surface area (Å²) in [6.45, 7) is 3.98. The molecule has 1 aliphatic carbocycles. The van der Waals surface area contributed by atoms with Gasteiger partial charge >= 0.3 is 0 Å². The van der Waals surface area contributed by atoms with Crippen LogP contribution in [0.25, 0.3) is 0 Å². The van der Waals surface area contributed by atoms with Crippen LogP contribution in [0, 0.1) is 5.41 Å². The molecule has 1 N–H and O–H groups in total. The average Bonchev–Trinajstić information content (AvgIpc) is 2.35. The van der Waals surface area contributed by atoms with E-state index < -0.39 is 0 Å². The van der Waals surface area contributed by atoms with E-state index in [1.54, 1.807) is 13.2 Å². The predicted octanol–water partition coefficient (Wildman–Crippen LogP) is 3.38. The Hall–Kier alpha value is -1.77. The van der Waals surface area contributed by atoms with Crippen molar-refractivity contribution in [2.45, 2.75) is 26.7 Å². The van der Waals surface area contributed by atoms with Crippen LogP contribution in [0.5, 0.6) is 5.75 Å². The lowest BCUT2D eigenvalue weighted by Gasteiger charge is -2.27. The minimum absolute atomic E-state index is 0.186. The maximum atomic E-state index is 11.9. The number of para-hydroxylation sites is 2. The number of anilines is 1. The van der Waals surface area contributed by atoms with Gasteiger partial charge in [0.15, 0.2) is 5.78 Å². The molecule has 1 aliphatic rings. The second-order valence-corrected chi connectivity index (χ2v) is 5.24. The van der Waals surface area contributed by atoms with Gasteiger partial charge in [-0.1, -0.05) is 26.0 Å². The molecule has 0 aromatic heterocycles. The first-order valence-electron chi connectivity index (χ1n) is 6.18. The van der Waals surface area contributed by atoms with Crippen LogP contribution in [0.1, 0.15) is 26.7 Å². The first kappa shape index (κ1) is 12.7. The van der Waals surface area contributed by atoms with Crippen LogP contribution in [0.2, 0.25) is 0 Å². The molecule has 0 amide bonds. The van der Waals surface area contributed by atoms with Gasteiger partial charge in [0, 0.05) is 17.2 Å². The molecule has 3 nitrogen and oxygen atoms in total. The molecule has 1 aromatic carbocycles. The fraction of sp³-hybridized carbons (Fsp3) is 0.400. The fourth-order valence-corrected chi connectivity index (χ4v) is 2.02. The first-order chi connectivity index (χ1) is 8.53. The Morgan fingerprint density at radius 1 is 1.28 bits per heavy atom. The molecule has 0 heterocycles. The van der Waals surface area contributed by atoms with Crippen molar-refractivity contribution in [2.75, 3.05) is 12.4 Å². The third-order valence-corrected chi connectivity index (χ3v) is 3.39. The van der Waals surface area contributed by atoms with E-state index in [0.717, 1.165) is 30.0 Å². The molecular formula is C15H19NO2. The van der Waals surface area contributed by atoms with Gasteiger partial charge in [-0.25, -0.2) is 0 Å². The van der Waals surface area contributed by atoms with Crippen molar-refractivity contribution in [3.63, 3.8) is 0 Å². The summed E-state index contributed by atoms with van der Waals surface area (Å²) >= 11 is 0. The summed E-state index contributed by atoms with van der Waals surface area (Å²) in [5.74, 6) is 0.974. The highest BCUT2D eigenvalue weighted by Crippen LogP contribution is 2.33. The highest BCUT2D eigenvalue weighted by atomic mass is 16.5. The van der Waals surface area contributed by atoms with Crippen molar-refractivity contribution in [3.8, 4) is 5.75 Å². The summed E-state index contributed by atoms with van der Waals surface area (Å²) < 4.78 is 5.28. The van der Waals surface area contributed by atoms with Gasteiger partial charge in [0.2, 0.25) is 0 Å². The normalized spacial score (nSPS) is 18.2. The Morgan fingerprint density at radius 2 is 2.00 bits per heavy atom. The van der Waals surface area contributed by atoms with Crippen LogP contribution < -0.4 is 10.1 Å². The number of nitrogens with one attached hydrogen (secondary N) is 1. The Labute approximate surface area is 108 Å². The molecule has 0 bridgehead atoms. The van der Waals surface area contributed by atoms with E-state index in [9.17, 15) is 4.79 Å². The van der Waals surface area contributed by atoms with Gasteiger partial charge in [-0.3, -0.25) is 4.79 Å². The molecule has 0 unspecified atom stereocenters. The van der Waals surface area contributed by atoms with Gasteiger partial charge in [-0.05, 0) is 25.0 Å². The summed E-state index contributed by atoms with van der Waals surface area (Å²) in [7, 11) is 1.64. The molecule has 96 valence electrons. The number of ketones is 1. The van der Waals surface area contributed by atoms with Gasteiger partial charge in [-0.15, -0.1) is 0 Å². The van der Waals surface area contributed by atoms with Crippen LogP contribution >= 0.6 is 0 Å². The predicted molar refractivity (Wildman–Crippen MR) is 72.7 cm³/mol. The topological polar surface area (TPSA) is 38.3 Å². The zero-order valence-corrected chi connectivity index (χ0v) is 11.1. The van der Waals surface area contributed by atoms with Gasteiger partial charge in [0.1, 0.15) is 5.75 Å². The third-order valence-electron chi connectivity index (χ3n) is 3.39. The molecule has 0 saturated carbocycles. The number of hydrogen-bond acceptors (Lipinski definition) is 3. The Morgan fingerprint density at radius 3 is 2.67 bits per heavy atom. The van der Waals surface area contributed by atoms with E-state index in [0.29, 0.717) is 0 Å². The molecule has 3 heteroatoms. The lowest BCUT2D eigenvalue weighted by Crippen LogP contribution is -2.27. The fourth-order valence-electron chi connectivity index (χ4n) is 2.02. The largest absolute Gasteiger partial charge is 0.495 e. The molecule has 0 spiro atoms. The molecule has 2 rings (SSSR count). The number of allylic oxidation sites excluding steroid dienone is 2. The zero-order valence-electron chi connectivity index (χ0n) is 11.1. The number of carbonyl (C=O) groups is 1. The minimum atomic E-state index is -0.230. The van der Waals surface area contributed by atoms with Gasteiger partial charge in [0.25, 0.3) is 0 Å². The lowest BCUT2D eigenvalue weighted by molar-refractivity contribution is -0.123. The molecule has 1 aromatic rings. The number of methoxy groups -OCH3 is 1. The van der Waals surface area contributed by atoms with E-state index in [4.69, 9.17) is 4.74 Å². The van der Waals surface area contributed by atoms with Crippen molar-refractivity contribution < 1.29 is 9.53 Å². The van der Waals surface area contributed by atoms with E-state index in [1.165, 1.54) is 0 Å². The van der Waals surface area contributed by atoms with E-state index >= 15 is 0 Å². The standard InChI is InChI=1S/C15H19NO2/c1-15(2)9-8-11(10-14(15)17)16-12-6-4-5-7-13(12)18-3/h4-7,10,16H,8-9H2,1-3H3. The molecule has 0 saturated heterocycles. The first-order valence-corrected chi connectivity index (χ1v) is 6.18. The van der Waals surface area contributed by atoms with Crippen molar-refractivity contribution in [3.05, 3.63) is 36.0 Å². The van der Waals surface area contributed by atoms with E-state index in [2.05, 4.69) is 5.32 Å².